The lowest BCUT2D eigenvalue weighted by Gasteiger charge is -2.26. The van der Waals surface area contributed by atoms with Crippen LogP contribution in [0.2, 0.25) is 0 Å². The fourth-order valence-electron chi connectivity index (χ4n) is 3.11. The maximum atomic E-state index is 12.9. The van der Waals surface area contributed by atoms with Crippen molar-refractivity contribution in [3.05, 3.63) is 83.3 Å². The lowest BCUT2D eigenvalue weighted by Crippen LogP contribution is -2.29. The molecule has 26 heavy (non-hydrogen) atoms. The van der Waals surface area contributed by atoms with Gasteiger partial charge in [-0.25, -0.2) is 16.8 Å². The van der Waals surface area contributed by atoms with E-state index in [4.69, 9.17) is 0 Å². The molecule has 1 aliphatic carbocycles. The minimum Gasteiger partial charge on any atom is -0.223 e. The maximum Gasteiger partial charge on any atom is 0.206 e. The maximum absolute atomic E-state index is 12.9. The molecule has 2 aromatic carbocycles. The molecule has 1 aliphatic rings. The summed E-state index contributed by atoms with van der Waals surface area (Å²) in [5.41, 5.74) is 0.455. The molecular formula is C20H20O4S2. The van der Waals surface area contributed by atoms with Crippen LogP contribution in [0.4, 0.5) is 0 Å². The summed E-state index contributed by atoms with van der Waals surface area (Å²) < 4.78 is 51.7. The summed E-state index contributed by atoms with van der Waals surface area (Å²) in [5, 5.41) is -0.792. The summed E-state index contributed by atoms with van der Waals surface area (Å²) in [6, 6.07) is 16.4. The number of benzene rings is 2. The summed E-state index contributed by atoms with van der Waals surface area (Å²) in [5.74, 6) is -0.461. The van der Waals surface area contributed by atoms with Crippen LogP contribution in [0.15, 0.2) is 93.1 Å². The van der Waals surface area contributed by atoms with Crippen LogP contribution in [0.25, 0.3) is 0 Å². The third kappa shape index (κ3) is 3.27. The molecule has 2 unspecified atom stereocenters. The van der Waals surface area contributed by atoms with Gasteiger partial charge in [0.1, 0.15) is 0 Å². The van der Waals surface area contributed by atoms with Crippen LogP contribution in [-0.2, 0) is 19.7 Å². The molecule has 0 spiro atoms. The minimum absolute atomic E-state index is 0.177. The van der Waals surface area contributed by atoms with Crippen LogP contribution in [0.3, 0.4) is 0 Å². The Bertz CT molecular complexity index is 1070. The molecule has 2 aromatic rings. The molecule has 0 aromatic heterocycles. The van der Waals surface area contributed by atoms with Gasteiger partial charge in [-0.2, -0.15) is 0 Å². The van der Waals surface area contributed by atoms with Crippen molar-refractivity contribution in [1.82, 2.24) is 0 Å². The second kappa shape index (κ2) is 6.85. The Balaban J connectivity index is 2.02. The molecule has 0 aliphatic heterocycles. The van der Waals surface area contributed by atoms with E-state index in [-0.39, 0.29) is 14.7 Å². The highest BCUT2D eigenvalue weighted by atomic mass is 32.2. The molecule has 0 saturated carbocycles. The van der Waals surface area contributed by atoms with Crippen molar-refractivity contribution < 1.29 is 16.8 Å². The molecule has 0 amide bonds. The first-order valence-corrected chi connectivity index (χ1v) is 11.3. The smallest absolute Gasteiger partial charge is 0.206 e. The van der Waals surface area contributed by atoms with E-state index in [2.05, 4.69) is 0 Å². The Morgan fingerprint density at radius 3 is 1.77 bits per heavy atom. The molecule has 0 N–H and O–H groups in total. The van der Waals surface area contributed by atoms with E-state index in [1.807, 2.05) is 0 Å². The molecule has 0 fully saturated rings. The molecule has 2 atom stereocenters. The van der Waals surface area contributed by atoms with Gasteiger partial charge in [-0.05, 0) is 42.7 Å². The molecule has 0 bridgehead atoms. The molecule has 0 radical (unpaired) electrons. The topological polar surface area (TPSA) is 68.3 Å². The summed E-state index contributed by atoms with van der Waals surface area (Å²) in [6.07, 6.45) is 3.12. The highest BCUT2D eigenvalue weighted by Gasteiger charge is 2.35. The van der Waals surface area contributed by atoms with Crippen molar-refractivity contribution in [1.29, 1.82) is 0 Å². The number of allylic oxidation sites excluding steroid dienone is 2. The van der Waals surface area contributed by atoms with E-state index in [1.165, 1.54) is 0 Å². The van der Waals surface area contributed by atoms with Gasteiger partial charge < -0.3 is 0 Å². The van der Waals surface area contributed by atoms with E-state index in [9.17, 15) is 16.8 Å². The molecule has 3 rings (SSSR count). The fourth-order valence-corrected chi connectivity index (χ4v) is 6.65. The minimum atomic E-state index is -3.68. The zero-order chi connectivity index (χ0) is 18.9. The van der Waals surface area contributed by atoms with Gasteiger partial charge in [0.05, 0.1) is 19.9 Å². The fraction of sp³-hybridized carbons (Fsp3) is 0.200. The van der Waals surface area contributed by atoms with Gasteiger partial charge in [0.25, 0.3) is 0 Å². The number of hydrogen-bond donors (Lipinski definition) is 0. The number of rotatable bonds is 4. The SMILES string of the molecule is CC1=CC(S(=O)(=O)c2ccccc2)C(C)C=C1S(=O)(=O)c1ccccc1. The van der Waals surface area contributed by atoms with Crippen molar-refractivity contribution in [2.24, 2.45) is 5.92 Å². The second-order valence-corrected chi connectivity index (χ2v) is 10.4. The van der Waals surface area contributed by atoms with Gasteiger partial charge in [-0.3, -0.25) is 0 Å². The van der Waals surface area contributed by atoms with Crippen molar-refractivity contribution in [2.75, 3.05) is 0 Å². The van der Waals surface area contributed by atoms with Crippen LogP contribution in [0.1, 0.15) is 13.8 Å². The first kappa shape index (κ1) is 18.6. The van der Waals surface area contributed by atoms with E-state index in [0.717, 1.165) is 0 Å². The Hall–Kier alpha value is -2.18. The van der Waals surface area contributed by atoms with Crippen molar-refractivity contribution in [3.63, 3.8) is 0 Å². The lowest BCUT2D eigenvalue weighted by atomic mass is 9.98. The van der Waals surface area contributed by atoms with Crippen LogP contribution < -0.4 is 0 Å². The summed E-state index contributed by atoms with van der Waals surface area (Å²) in [4.78, 5) is 0.620. The zero-order valence-electron chi connectivity index (χ0n) is 14.5. The molecule has 136 valence electrons. The van der Waals surface area contributed by atoms with Crippen LogP contribution >= 0.6 is 0 Å². The molecule has 4 nitrogen and oxygen atoms in total. The van der Waals surface area contributed by atoms with Crippen LogP contribution in [0, 0.1) is 5.92 Å². The van der Waals surface area contributed by atoms with Gasteiger partial charge in [-0.1, -0.05) is 55.5 Å². The predicted molar refractivity (Wildman–Crippen MR) is 102 cm³/mol. The third-order valence-electron chi connectivity index (χ3n) is 4.51. The molecule has 0 heterocycles. The summed E-state index contributed by atoms with van der Waals surface area (Å²) in [7, 11) is -7.27. The highest BCUT2D eigenvalue weighted by molar-refractivity contribution is 7.95. The standard InChI is InChI=1S/C20H20O4S2/c1-15-13-20(26(23,24)18-11-7-4-8-12-18)16(2)14-19(15)25(21,22)17-9-5-3-6-10-17/h3-15,19H,1-2H3. The van der Waals surface area contributed by atoms with Crippen molar-refractivity contribution in [2.45, 2.75) is 28.9 Å². The second-order valence-electron chi connectivity index (χ2n) is 6.38. The number of sulfone groups is 2. The third-order valence-corrected chi connectivity index (χ3v) is 8.65. The first-order valence-electron chi connectivity index (χ1n) is 8.24. The zero-order valence-corrected chi connectivity index (χ0v) is 16.2. The van der Waals surface area contributed by atoms with E-state index in [0.29, 0.717) is 5.57 Å². The summed E-state index contributed by atoms with van der Waals surface area (Å²) >= 11 is 0. The molecule has 6 heteroatoms. The van der Waals surface area contributed by atoms with Gasteiger partial charge in [-0.15, -0.1) is 0 Å². The van der Waals surface area contributed by atoms with Gasteiger partial charge >= 0.3 is 0 Å². The first-order chi connectivity index (χ1) is 12.2. The molecule has 0 saturated heterocycles. The van der Waals surface area contributed by atoms with E-state index >= 15 is 0 Å². The van der Waals surface area contributed by atoms with Crippen molar-refractivity contribution >= 4 is 19.7 Å². The number of hydrogen-bond acceptors (Lipinski definition) is 4. The van der Waals surface area contributed by atoms with Crippen LogP contribution in [-0.4, -0.2) is 22.1 Å². The van der Waals surface area contributed by atoms with Gasteiger partial charge in [0.15, 0.2) is 9.84 Å². The monoisotopic (exact) mass is 388 g/mol. The molecular weight excluding hydrogens is 368 g/mol. The van der Waals surface area contributed by atoms with E-state index in [1.54, 1.807) is 86.7 Å². The van der Waals surface area contributed by atoms with Crippen LogP contribution in [0.5, 0.6) is 0 Å². The van der Waals surface area contributed by atoms with Gasteiger partial charge in [0, 0.05) is 0 Å². The average molecular weight is 389 g/mol. The Morgan fingerprint density at radius 2 is 1.23 bits per heavy atom. The van der Waals surface area contributed by atoms with Gasteiger partial charge in [0.2, 0.25) is 9.84 Å². The lowest BCUT2D eigenvalue weighted by molar-refractivity contribution is 0.569. The normalized spacial score (nSPS) is 21.0. The van der Waals surface area contributed by atoms with Crippen molar-refractivity contribution in [3.8, 4) is 0 Å². The Labute approximate surface area is 154 Å². The average Bonchev–Trinajstić information content (AvgIpc) is 2.64. The Kier molecular flexibility index (Phi) is 4.90. The Morgan fingerprint density at radius 1 is 0.731 bits per heavy atom. The largest absolute Gasteiger partial charge is 0.223 e. The summed E-state index contributed by atoms with van der Waals surface area (Å²) in [6.45, 7) is 3.38. The highest BCUT2D eigenvalue weighted by Crippen LogP contribution is 2.35. The van der Waals surface area contributed by atoms with E-state index < -0.39 is 30.8 Å². The quantitative estimate of drug-likeness (QED) is 0.799. The predicted octanol–water partition coefficient (Wildman–Crippen LogP) is 3.78.